The van der Waals surface area contributed by atoms with Crippen LogP contribution in [0.3, 0.4) is 0 Å². The number of aryl methyl sites for hydroxylation is 3. The van der Waals surface area contributed by atoms with Crippen molar-refractivity contribution < 1.29 is 14.4 Å². The zero-order valence-corrected chi connectivity index (χ0v) is 22.6. The minimum absolute atomic E-state index is 0.0302. The Morgan fingerprint density at radius 2 is 1.34 bits per heavy atom. The molecule has 0 fully saturated rings. The second-order valence-electron chi connectivity index (χ2n) is 9.35. The van der Waals surface area contributed by atoms with Crippen molar-refractivity contribution in [2.24, 2.45) is 0 Å². The van der Waals surface area contributed by atoms with Crippen LogP contribution in [0.15, 0.2) is 101 Å². The molecule has 0 radical (unpaired) electrons. The summed E-state index contributed by atoms with van der Waals surface area (Å²) in [6.07, 6.45) is 1.52. The number of halogens is 2. The molecule has 0 saturated carbocycles. The summed E-state index contributed by atoms with van der Waals surface area (Å²) in [5, 5.41) is -0.0302. The van der Waals surface area contributed by atoms with E-state index in [1.54, 1.807) is 12.1 Å². The SMILES string of the molecule is Cc1ccc(C2=C3C(=C(Cl)C(=O)N3c3ccc(C)cc3)C=C(N(C(=O)CCl)c3ccc(C)cc3)C2=O)cc1. The first-order valence-electron chi connectivity index (χ1n) is 12.1. The van der Waals surface area contributed by atoms with Crippen molar-refractivity contribution in [2.45, 2.75) is 20.8 Å². The van der Waals surface area contributed by atoms with Crippen molar-refractivity contribution >= 4 is 57.7 Å². The predicted octanol–water partition coefficient (Wildman–Crippen LogP) is 6.60. The zero-order valence-electron chi connectivity index (χ0n) is 21.1. The van der Waals surface area contributed by atoms with Crippen LogP contribution in [0, 0.1) is 20.8 Å². The van der Waals surface area contributed by atoms with Crippen LogP contribution in [0.4, 0.5) is 11.4 Å². The molecule has 0 aromatic heterocycles. The van der Waals surface area contributed by atoms with Gasteiger partial charge in [-0.15, -0.1) is 11.6 Å². The molecule has 3 aromatic rings. The van der Waals surface area contributed by atoms with E-state index in [0.717, 1.165) is 16.7 Å². The molecule has 190 valence electrons. The van der Waals surface area contributed by atoms with E-state index >= 15 is 0 Å². The number of carbonyl (C=O) groups excluding carboxylic acids is 3. The number of ketones is 1. The quantitative estimate of drug-likeness (QED) is 0.341. The molecule has 7 heteroatoms. The molecule has 0 unspecified atom stereocenters. The van der Waals surface area contributed by atoms with Gasteiger partial charge in [0, 0.05) is 16.9 Å². The van der Waals surface area contributed by atoms with Crippen LogP contribution in [0.1, 0.15) is 22.3 Å². The number of benzene rings is 3. The van der Waals surface area contributed by atoms with Crippen LogP contribution in [-0.2, 0) is 14.4 Å². The van der Waals surface area contributed by atoms with E-state index < -0.39 is 17.6 Å². The largest absolute Gasteiger partial charge is 0.287 e. The van der Waals surface area contributed by atoms with Crippen molar-refractivity contribution in [1.82, 2.24) is 0 Å². The highest BCUT2D eigenvalue weighted by Gasteiger charge is 2.43. The number of Topliss-reactive ketones (excluding diaryl/α,β-unsaturated/α-hetero) is 1. The summed E-state index contributed by atoms with van der Waals surface area (Å²) in [4.78, 5) is 43.8. The van der Waals surface area contributed by atoms with Crippen LogP contribution in [0.25, 0.3) is 5.57 Å². The van der Waals surface area contributed by atoms with Crippen LogP contribution < -0.4 is 9.80 Å². The van der Waals surface area contributed by atoms with Crippen molar-refractivity contribution in [3.8, 4) is 0 Å². The fourth-order valence-electron chi connectivity index (χ4n) is 4.62. The number of carbonyl (C=O) groups is 3. The number of nitrogens with zero attached hydrogens (tertiary/aromatic N) is 2. The van der Waals surface area contributed by atoms with Gasteiger partial charge in [0.25, 0.3) is 5.91 Å². The third-order valence-corrected chi connectivity index (χ3v) is 7.21. The lowest BCUT2D eigenvalue weighted by molar-refractivity contribution is -0.117. The van der Waals surface area contributed by atoms with Crippen LogP contribution >= 0.6 is 23.2 Å². The lowest BCUT2D eigenvalue weighted by atomic mass is 9.88. The summed E-state index contributed by atoms with van der Waals surface area (Å²) >= 11 is 12.7. The zero-order chi connectivity index (χ0) is 27.1. The molecule has 38 heavy (non-hydrogen) atoms. The average Bonchev–Trinajstić information content (AvgIpc) is 3.16. The summed E-state index contributed by atoms with van der Waals surface area (Å²) in [6, 6.07) is 22.1. The van der Waals surface area contributed by atoms with E-state index in [4.69, 9.17) is 23.2 Å². The van der Waals surface area contributed by atoms with Gasteiger partial charge in [-0.25, -0.2) is 0 Å². The van der Waals surface area contributed by atoms with Gasteiger partial charge in [-0.2, -0.15) is 0 Å². The van der Waals surface area contributed by atoms with Crippen LogP contribution in [-0.4, -0.2) is 23.5 Å². The molecular weight excluding hydrogens is 519 g/mol. The Morgan fingerprint density at radius 1 is 0.816 bits per heavy atom. The number of anilines is 2. The van der Waals surface area contributed by atoms with Gasteiger partial charge in [0.2, 0.25) is 11.7 Å². The third-order valence-electron chi connectivity index (χ3n) is 6.61. The number of alkyl halides is 1. The number of amides is 2. The van der Waals surface area contributed by atoms with Gasteiger partial charge < -0.3 is 0 Å². The minimum Gasteiger partial charge on any atom is -0.287 e. The third kappa shape index (κ3) is 4.38. The molecule has 0 atom stereocenters. The maximum atomic E-state index is 14.3. The Bertz CT molecular complexity index is 1560. The molecule has 1 heterocycles. The summed E-state index contributed by atoms with van der Waals surface area (Å²) in [5.74, 6) is -1.67. The maximum absolute atomic E-state index is 14.3. The molecule has 1 aliphatic heterocycles. The van der Waals surface area contributed by atoms with E-state index in [0.29, 0.717) is 28.2 Å². The normalized spacial score (nSPS) is 15.2. The van der Waals surface area contributed by atoms with Crippen molar-refractivity contribution in [3.05, 3.63) is 123 Å². The second kappa shape index (κ2) is 10.1. The molecule has 1 aliphatic carbocycles. The van der Waals surface area contributed by atoms with Crippen LogP contribution in [0.2, 0.25) is 0 Å². The Morgan fingerprint density at radius 3 is 1.89 bits per heavy atom. The molecule has 5 nitrogen and oxygen atoms in total. The van der Waals surface area contributed by atoms with Crippen LogP contribution in [0.5, 0.6) is 0 Å². The predicted molar refractivity (Wildman–Crippen MR) is 152 cm³/mol. The molecule has 2 amide bonds. The van der Waals surface area contributed by atoms with E-state index in [-0.39, 0.29) is 22.2 Å². The Hall–Kier alpha value is -3.93. The van der Waals surface area contributed by atoms with Gasteiger partial charge in [0.15, 0.2) is 0 Å². The highest BCUT2D eigenvalue weighted by molar-refractivity contribution is 6.49. The fourth-order valence-corrected chi connectivity index (χ4v) is 4.97. The molecule has 3 aromatic carbocycles. The van der Waals surface area contributed by atoms with E-state index in [2.05, 4.69) is 0 Å². The van der Waals surface area contributed by atoms with Gasteiger partial charge in [0.05, 0.1) is 17.0 Å². The molecule has 5 rings (SSSR count). The molecule has 0 N–H and O–H groups in total. The Labute approximate surface area is 231 Å². The Kier molecular flexibility index (Phi) is 6.82. The average molecular weight is 543 g/mol. The molecular formula is C31H24Cl2N2O3. The molecule has 0 saturated heterocycles. The molecule has 2 aliphatic rings. The van der Waals surface area contributed by atoms with Gasteiger partial charge >= 0.3 is 0 Å². The highest BCUT2D eigenvalue weighted by Crippen LogP contribution is 2.45. The van der Waals surface area contributed by atoms with Gasteiger partial charge in [-0.1, -0.05) is 76.8 Å². The molecule has 0 spiro atoms. The number of fused-ring (bicyclic) bond motifs is 1. The number of hydrogen-bond donors (Lipinski definition) is 0. The monoisotopic (exact) mass is 542 g/mol. The lowest BCUT2D eigenvalue weighted by Gasteiger charge is -2.30. The van der Waals surface area contributed by atoms with Crippen molar-refractivity contribution in [1.29, 1.82) is 0 Å². The first kappa shape index (κ1) is 25.7. The van der Waals surface area contributed by atoms with Crippen molar-refractivity contribution in [2.75, 3.05) is 15.7 Å². The second-order valence-corrected chi connectivity index (χ2v) is 10.00. The summed E-state index contributed by atoms with van der Waals surface area (Å²) < 4.78 is 0. The van der Waals surface area contributed by atoms with E-state index in [9.17, 15) is 14.4 Å². The summed E-state index contributed by atoms with van der Waals surface area (Å²) in [5.41, 5.74) is 5.86. The first-order valence-corrected chi connectivity index (χ1v) is 13.0. The van der Waals surface area contributed by atoms with Gasteiger partial charge in [-0.05, 0) is 56.7 Å². The minimum atomic E-state index is -0.474. The topological polar surface area (TPSA) is 57.7 Å². The number of allylic oxidation sites excluding steroid dienone is 2. The first-order chi connectivity index (χ1) is 18.2. The highest BCUT2D eigenvalue weighted by atomic mass is 35.5. The van der Waals surface area contributed by atoms with Gasteiger partial charge in [0.1, 0.15) is 10.9 Å². The summed E-state index contributed by atoms with van der Waals surface area (Å²) in [7, 11) is 0. The fraction of sp³-hybridized carbons (Fsp3) is 0.129. The van der Waals surface area contributed by atoms with Crippen molar-refractivity contribution in [3.63, 3.8) is 0 Å². The van der Waals surface area contributed by atoms with Gasteiger partial charge in [-0.3, -0.25) is 24.2 Å². The van der Waals surface area contributed by atoms with E-state index in [1.807, 2.05) is 81.4 Å². The van der Waals surface area contributed by atoms with E-state index in [1.165, 1.54) is 15.9 Å². The molecule has 0 bridgehead atoms. The number of rotatable bonds is 5. The lowest BCUT2D eigenvalue weighted by Crippen LogP contribution is -2.37. The Balaban J connectivity index is 1.77. The maximum Gasteiger partial charge on any atom is 0.275 e. The standard InChI is InChI=1S/C31H24Cl2N2O3/c1-18-4-10-21(11-5-18)27-29-24(28(33)31(38)35(29)23-14-8-20(3)9-15-23)16-25(30(27)37)34(26(36)17-32)22-12-6-19(2)7-13-22/h4-16H,17H2,1-3H3. The smallest absolute Gasteiger partial charge is 0.275 e. The summed E-state index contributed by atoms with van der Waals surface area (Å²) in [6.45, 7) is 5.84. The number of hydrogen-bond acceptors (Lipinski definition) is 3.